The number of hydrogen-bond acceptors (Lipinski definition) is 5. The van der Waals surface area contributed by atoms with Crippen molar-refractivity contribution < 1.29 is 28.7 Å². The number of carbonyl (C=O) groups excluding carboxylic acids is 3. The van der Waals surface area contributed by atoms with Crippen LogP contribution in [0, 0.1) is 5.92 Å². The van der Waals surface area contributed by atoms with E-state index in [0.29, 0.717) is 18.7 Å². The number of carbonyl (C=O) groups is 4. The zero-order valence-corrected chi connectivity index (χ0v) is 23.9. The van der Waals surface area contributed by atoms with Gasteiger partial charge in [0.2, 0.25) is 11.8 Å². The standard InChI is InChI=1S/C25H43N5O6Si/c1-16(2)20(30-24(34)35)22(32)29-19(9-8-14-27-23(26)33)21(31)28-18-12-10-17(11-13-18)15-36-37(6,7)25(3,4)5/h10-13,16,19-20,30H,8-9,14-15H2,1-7H3,(H,28,31)(H,29,32)(H,34,35)(H3,26,27,33). The predicted octanol–water partition coefficient (Wildman–Crippen LogP) is 3.37. The first kappa shape index (κ1) is 31.9. The molecule has 0 aliphatic carbocycles. The minimum absolute atomic E-state index is 0.0991. The van der Waals surface area contributed by atoms with Crippen LogP contribution in [0.5, 0.6) is 0 Å². The van der Waals surface area contributed by atoms with Crippen LogP contribution in [0.1, 0.15) is 53.0 Å². The summed E-state index contributed by atoms with van der Waals surface area (Å²) in [7, 11) is -1.90. The molecule has 0 aliphatic heterocycles. The average molecular weight is 538 g/mol. The van der Waals surface area contributed by atoms with Crippen LogP contribution in [0.15, 0.2) is 24.3 Å². The van der Waals surface area contributed by atoms with Gasteiger partial charge in [0.15, 0.2) is 8.32 Å². The SMILES string of the molecule is CC(C)C(NC(=O)O)C(=O)NC(CCCNC(N)=O)C(=O)Nc1ccc(CO[Si](C)(C)C(C)(C)C)cc1. The fourth-order valence-electron chi connectivity index (χ4n) is 3.11. The highest BCUT2D eigenvalue weighted by atomic mass is 28.4. The molecular weight excluding hydrogens is 494 g/mol. The second kappa shape index (κ2) is 14.0. The summed E-state index contributed by atoms with van der Waals surface area (Å²) in [5.74, 6) is -1.41. The smallest absolute Gasteiger partial charge is 0.405 e. The van der Waals surface area contributed by atoms with E-state index in [0.717, 1.165) is 5.56 Å². The lowest BCUT2D eigenvalue weighted by Gasteiger charge is -2.36. The fourth-order valence-corrected chi connectivity index (χ4v) is 4.07. The molecule has 0 aliphatic rings. The lowest BCUT2D eigenvalue weighted by molar-refractivity contribution is -0.128. The second-order valence-electron chi connectivity index (χ2n) is 10.9. The Bertz CT molecular complexity index is 930. The Balaban J connectivity index is 2.90. The average Bonchev–Trinajstić information content (AvgIpc) is 2.77. The number of hydrogen-bond donors (Lipinski definition) is 6. The largest absolute Gasteiger partial charge is 0.465 e. The summed E-state index contributed by atoms with van der Waals surface area (Å²) in [6, 6.07) is 4.60. The molecule has 0 heterocycles. The van der Waals surface area contributed by atoms with Crippen LogP contribution in [0.4, 0.5) is 15.3 Å². The number of amides is 5. The minimum atomic E-state index is -1.90. The molecule has 1 rings (SSSR count). The Kier molecular flexibility index (Phi) is 12.1. The Morgan fingerprint density at radius 2 is 1.62 bits per heavy atom. The summed E-state index contributed by atoms with van der Waals surface area (Å²) in [4.78, 5) is 47.9. The molecule has 208 valence electrons. The number of primary amides is 1. The van der Waals surface area contributed by atoms with Crippen LogP contribution < -0.4 is 27.0 Å². The molecule has 1 aromatic carbocycles. The summed E-state index contributed by atoms with van der Waals surface area (Å²) < 4.78 is 6.24. The highest BCUT2D eigenvalue weighted by Crippen LogP contribution is 2.37. The maximum atomic E-state index is 13.0. The van der Waals surface area contributed by atoms with E-state index in [1.54, 1.807) is 26.0 Å². The first-order valence-electron chi connectivity index (χ1n) is 12.4. The zero-order valence-electron chi connectivity index (χ0n) is 22.9. The molecule has 11 nitrogen and oxygen atoms in total. The molecule has 37 heavy (non-hydrogen) atoms. The lowest BCUT2D eigenvalue weighted by atomic mass is 10.0. The topological polar surface area (TPSA) is 172 Å². The summed E-state index contributed by atoms with van der Waals surface area (Å²) in [6.07, 6.45) is -0.768. The van der Waals surface area contributed by atoms with Gasteiger partial charge in [-0.05, 0) is 54.6 Å². The van der Waals surface area contributed by atoms with E-state index in [2.05, 4.69) is 55.1 Å². The van der Waals surface area contributed by atoms with Crippen molar-refractivity contribution in [1.82, 2.24) is 16.0 Å². The maximum Gasteiger partial charge on any atom is 0.405 e. The van der Waals surface area contributed by atoms with Crippen molar-refractivity contribution in [3.8, 4) is 0 Å². The third kappa shape index (κ3) is 11.2. The molecule has 0 spiro atoms. The van der Waals surface area contributed by atoms with Gasteiger partial charge in [0.1, 0.15) is 12.1 Å². The highest BCUT2D eigenvalue weighted by Gasteiger charge is 2.37. The Morgan fingerprint density at radius 3 is 2.11 bits per heavy atom. The molecule has 1 aromatic rings. The van der Waals surface area contributed by atoms with Crippen molar-refractivity contribution in [2.75, 3.05) is 11.9 Å². The van der Waals surface area contributed by atoms with Gasteiger partial charge in [0.05, 0.1) is 6.61 Å². The van der Waals surface area contributed by atoms with Crippen LogP contribution >= 0.6 is 0 Å². The number of nitrogens with two attached hydrogens (primary N) is 1. The Morgan fingerprint density at radius 1 is 1.03 bits per heavy atom. The van der Waals surface area contributed by atoms with Crippen molar-refractivity contribution in [3.05, 3.63) is 29.8 Å². The van der Waals surface area contributed by atoms with Gasteiger partial charge in [0.25, 0.3) is 0 Å². The normalized spacial score (nSPS) is 13.4. The second-order valence-corrected chi connectivity index (χ2v) is 15.7. The van der Waals surface area contributed by atoms with E-state index in [-0.39, 0.29) is 23.9 Å². The van der Waals surface area contributed by atoms with Crippen LogP contribution in [-0.2, 0) is 20.6 Å². The van der Waals surface area contributed by atoms with Crippen molar-refractivity contribution >= 4 is 37.9 Å². The summed E-state index contributed by atoms with van der Waals surface area (Å²) in [5.41, 5.74) is 6.60. The van der Waals surface area contributed by atoms with Crippen molar-refractivity contribution in [2.24, 2.45) is 11.7 Å². The Labute approximate surface area is 220 Å². The van der Waals surface area contributed by atoms with Gasteiger partial charge in [-0.3, -0.25) is 9.59 Å². The molecule has 0 aromatic heterocycles. The van der Waals surface area contributed by atoms with Gasteiger partial charge in [0, 0.05) is 12.2 Å². The van der Waals surface area contributed by atoms with Crippen molar-refractivity contribution in [2.45, 2.75) is 84.3 Å². The predicted molar refractivity (Wildman–Crippen MR) is 146 cm³/mol. The number of rotatable bonds is 13. The molecule has 0 saturated heterocycles. The van der Waals surface area contributed by atoms with Gasteiger partial charge in [-0.15, -0.1) is 0 Å². The number of benzene rings is 1. The van der Waals surface area contributed by atoms with Crippen LogP contribution in [0.2, 0.25) is 18.1 Å². The summed E-state index contributed by atoms with van der Waals surface area (Å²) in [5, 5.41) is 19.2. The number of anilines is 1. The van der Waals surface area contributed by atoms with Gasteiger partial charge < -0.3 is 36.5 Å². The van der Waals surface area contributed by atoms with Crippen LogP contribution in [0.3, 0.4) is 0 Å². The maximum absolute atomic E-state index is 13.0. The van der Waals surface area contributed by atoms with E-state index in [1.807, 2.05) is 12.1 Å². The highest BCUT2D eigenvalue weighted by molar-refractivity contribution is 6.74. The lowest BCUT2D eigenvalue weighted by Crippen LogP contribution is -2.54. The Hall–Kier alpha value is -3.12. The minimum Gasteiger partial charge on any atom is -0.465 e. The quantitative estimate of drug-likeness (QED) is 0.166. The number of carboxylic acid groups (broad SMARTS) is 1. The van der Waals surface area contributed by atoms with E-state index in [9.17, 15) is 19.2 Å². The molecule has 0 saturated carbocycles. The molecule has 0 bridgehead atoms. The molecule has 2 atom stereocenters. The number of nitrogens with one attached hydrogen (secondary N) is 4. The summed E-state index contributed by atoms with van der Waals surface area (Å²) >= 11 is 0. The van der Waals surface area contributed by atoms with E-state index < -0.39 is 44.3 Å². The van der Waals surface area contributed by atoms with Crippen molar-refractivity contribution in [3.63, 3.8) is 0 Å². The van der Waals surface area contributed by atoms with Gasteiger partial charge in [-0.2, -0.15) is 0 Å². The monoisotopic (exact) mass is 537 g/mol. The molecule has 0 radical (unpaired) electrons. The fraction of sp³-hybridized carbons (Fsp3) is 0.600. The van der Waals surface area contributed by atoms with E-state index in [1.165, 1.54) is 0 Å². The van der Waals surface area contributed by atoms with Crippen molar-refractivity contribution in [1.29, 1.82) is 0 Å². The molecule has 0 fully saturated rings. The first-order valence-corrected chi connectivity index (χ1v) is 15.3. The molecular formula is C25H43N5O6Si. The van der Waals surface area contributed by atoms with Crippen LogP contribution in [-0.4, -0.2) is 56.0 Å². The number of urea groups is 1. The molecule has 5 amide bonds. The van der Waals surface area contributed by atoms with Gasteiger partial charge in [-0.25, -0.2) is 9.59 Å². The van der Waals surface area contributed by atoms with Gasteiger partial charge in [-0.1, -0.05) is 46.8 Å². The molecule has 12 heteroatoms. The molecule has 7 N–H and O–H groups in total. The van der Waals surface area contributed by atoms with E-state index in [4.69, 9.17) is 15.3 Å². The zero-order chi connectivity index (χ0) is 28.4. The first-order chi connectivity index (χ1) is 17.0. The van der Waals surface area contributed by atoms with Crippen LogP contribution in [0.25, 0.3) is 0 Å². The third-order valence-corrected chi connectivity index (χ3v) is 10.9. The molecule has 2 unspecified atom stereocenters. The van der Waals surface area contributed by atoms with Gasteiger partial charge >= 0.3 is 12.1 Å². The van der Waals surface area contributed by atoms with E-state index >= 15 is 0 Å². The third-order valence-electron chi connectivity index (χ3n) is 6.46. The summed E-state index contributed by atoms with van der Waals surface area (Å²) in [6.45, 7) is 15.0.